The van der Waals surface area contributed by atoms with Crippen LogP contribution in [0.5, 0.6) is 0 Å². The van der Waals surface area contributed by atoms with Gasteiger partial charge in [-0.3, -0.25) is 4.90 Å². The molecule has 1 atom stereocenters. The molecule has 6 nitrogen and oxygen atoms in total. The highest BCUT2D eigenvalue weighted by Crippen LogP contribution is 2.46. The lowest BCUT2D eigenvalue weighted by molar-refractivity contribution is -0.202. The average Bonchev–Trinajstić information content (AvgIpc) is 3.45. The molecule has 0 aliphatic carbocycles. The van der Waals surface area contributed by atoms with Gasteiger partial charge in [0.05, 0.1) is 18.5 Å². The quantitative estimate of drug-likeness (QED) is 0.523. The second-order valence-electron chi connectivity index (χ2n) is 8.58. The number of likely N-dealkylation sites (tertiary alicyclic amines) is 1. The van der Waals surface area contributed by atoms with Crippen molar-refractivity contribution in [3.63, 3.8) is 0 Å². The monoisotopic (exact) mass is 459 g/mol. The second kappa shape index (κ2) is 7.95. The molecule has 2 aliphatic heterocycles. The Hall–Kier alpha value is -3.27. The van der Waals surface area contributed by atoms with E-state index in [0.717, 1.165) is 12.1 Å². The van der Waals surface area contributed by atoms with E-state index in [1.807, 2.05) is 0 Å². The molecule has 1 saturated heterocycles. The minimum absolute atomic E-state index is 0.229. The van der Waals surface area contributed by atoms with Gasteiger partial charge in [0.2, 0.25) is 5.67 Å². The lowest BCUT2D eigenvalue weighted by atomic mass is 9.84. The molecule has 0 bridgehead atoms. The number of hydrogen-bond acceptors (Lipinski definition) is 5. The highest BCUT2D eigenvalue weighted by atomic mass is 19.3. The van der Waals surface area contributed by atoms with Gasteiger partial charge in [-0.2, -0.15) is 8.78 Å². The third-order valence-electron chi connectivity index (χ3n) is 6.06. The number of oxime groups is 1. The Morgan fingerprint density at radius 1 is 1.12 bits per heavy atom. The van der Waals surface area contributed by atoms with Crippen molar-refractivity contribution in [1.82, 2.24) is 19.9 Å². The first-order chi connectivity index (χ1) is 15.7. The molecular weight excluding hydrogens is 438 g/mol. The molecule has 2 aromatic carbocycles. The molecule has 1 fully saturated rings. The third-order valence-corrected chi connectivity index (χ3v) is 6.06. The van der Waals surface area contributed by atoms with Crippen LogP contribution in [0.2, 0.25) is 0 Å². The van der Waals surface area contributed by atoms with Crippen molar-refractivity contribution < 1.29 is 22.4 Å². The summed E-state index contributed by atoms with van der Waals surface area (Å²) in [7, 11) is 1.59. The maximum Gasteiger partial charge on any atom is 0.309 e. The van der Waals surface area contributed by atoms with Crippen LogP contribution in [-0.2, 0) is 17.3 Å². The van der Waals surface area contributed by atoms with E-state index in [1.54, 1.807) is 36.3 Å². The number of benzene rings is 2. The molecule has 0 unspecified atom stereocenters. The van der Waals surface area contributed by atoms with Crippen molar-refractivity contribution in [1.29, 1.82) is 0 Å². The predicted octanol–water partition coefficient (Wildman–Crippen LogP) is 4.02. The highest BCUT2D eigenvalue weighted by molar-refractivity contribution is 6.01. The standard InChI is InChI=1S/C23H21F4N5O/c1-31-13-22(25,14-31)23(26,27)17-5-2-15(3-6-17)19-7-4-16(10-20(19)24)21-11-18(33-29-21)12-32-9-8-28-30-32/h2-10,18H,11-14H2,1H3/t18-/m1/s1. The van der Waals surface area contributed by atoms with Gasteiger partial charge >= 0.3 is 5.92 Å². The van der Waals surface area contributed by atoms with Gasteiger partial charge in [0.1, 0.15) is 5.82 Å². The Labute approximate surface area is 187 Å². The summed E-state index contributed by atoms with van der Waals surface area (Å²) in [5.74, 6) is -4.14. The Kier molecular flexibility index (Phi) is 5.19. The molecule has 3 aromatic rings. The van der Waals surface area contributed by atoms with Gasteiger partial charge < -0.3 is 4.84 Å². The Morgan fingerprint density at radius 3 is 2.48 bits per heavy atom. The SMILES string of the molecule is CN1CC(F)(C(F)(F)c2ccc(-c3ccc(C4=NO[C@@H](Cn5ccnn5)C4)cc3F)cc2)C1. The molecule has 10 heteroatoms. The summed E-state index contributed by atoms with van der Waals surface area (Å²) in [4.78, 5) is 6.91. The van der Waals surface area contributed by atoms with Crippen LogP contribution in [0.4, 0.5) is 17.6 Å². The van der Waals surface area contributed by atoms with E-state index in [2.05, 4.69) is 15.5 Å². The smallest absolute Gasteiger partial charge is 0.309 e. The van der Waals surface area contributed by atoms with Gasteiger partial charge in [0.15, 0.2) is 6.10 Å². The van der Waals surface area contributed by atoms with Crippen LogP contribution >= 0.6 is 0 Å². The topological polar surface area (TPSA) is 55.5 Å². The third kappa shape index (κ3) is 3.88. The highest BCUT2D eigenvalue weighted by Gasteiger charge is 2.61. The molecule has 172 valence electrons. The zero-order chi connectivity index (χ0) is 23.2. The van der Waals surface area contributed by atoms with E-state index < -0.39 is 23.0 Å². The first-order valence-electron chi connectivity index (χ1n) is 10.5. The molecule has 1 aromatic heterocycles. The minimum atomic E-state index is -3.62. The van der Waals surface area contributed by atoms with Crippen LogP contribution in [-0.4, -0.2) is 57.5 Å². The van der Waals surface area contributed by atoms with E-state index >= 15 is 0 Å². The Balaban J connectivity index is 1.30. The fraction of sp³-hybridized carbons (Fsp3) is 0.348. The summed E-state index contributed by atoms with van der Waals surface area (Å²) in [5.41, 5.74) is -1.15. The summed E-state index contributed by atoms with van der Waals surface area (Å²) in [6.45, 7) is -0.183. The summed E-state index contributed by atoms with van der Waals surface area (Å²) in [6.07, 6.45) is 3.55. The van der Waals surface area contributed by atoms with Gasteiger partial charge in [-0.05, 0) is 18.7 Å². The van der Waals surface area contributed by atoms with Crippen LogP contribution in [0.15, 0.2) is 60.0 Å². The summed E-state index contributed by atoms with van der Waals surface area (Å²) < 4.78 is 60.4. The zero-order valence-corrected chi connectivity index (χ0v) is 17.8. The van der Waals surface area contributed by atoms with Crippen LogP contribution in [0, 0.1) is 5.82 Å². The number of halogens is 4. The molecule has 33 heavy (non-hydrogen) atoms. The lowest BCUT2D eigenvalue weighted by Gasteiger charge is -2.46. The van der Waals surface area contributed by atoms with E-state index in [0.29, 0.717) is 29.8 Å². The van der Waals surface area contributed by atoms with Crippen molar-refractivity contribution in [2.45, 2.75) is 30.7 Å². The van der Waals surface area contributed by atoms with Crippen LogP contribution < -0.4 is 0 Å². The van der Waals surface area contributed by atoms with Crippen LogP contribution in [0.1, 0.15) is 17.5 Å². The molecule has 0 N–H and O–H groups in total. The maximum absolute atomic E-state index is 14.9. The number of nitrogens with zero attached hydrogens (tertiary/aromatic N) is 5. The van der Waals surface area contributed by atoms with E-state index in [4.69, 9.17) is 4.84 Å². The summed E-state index contributed by atoms with van der Waals surface area (Å²) >= 11 is 0. The summed E-state index contributed by atoms with van der Waals surface area (Å²) in [6, 6.07) is 9.72. The Bertz CT molecular complexity index is 1170. The molecule has 5 rings (SSSR count). The molecule has 0 amide bonds. The van der Waals surface area contributed by atoms with Gasteiger partial charge in [-0.25, -0.2) is 13.5 Å². The fourth-order valence-electron chi connectivity index (χ4n) is 4.29. The summed E-state index contributed by atoms with van der Waals surface area (Å²) in [5, 5.41) is 11.7. The Morgan fingerprint density at radius 2 is 1.85 bits per heavy atom. The van der Waals surface area contributed by atoms with Crippen molar-refractivity contribution >= 4 is 5.71 Å². The first kappa shape index (κ1) is 21.6. The van der Waals surface area contributed by atoms with Crippen LogP contribution in [0.25, 0.3) is 11.1 Å². The normalized spacial score (nSPS) is 20.3. The van der Waals surface area contributed by atoms with Gasteiger partial charge in [0, 0.05) is 42.4 Å². The predicted molar refractivity (Wildman–Crippen MR) is 113 cm³/mol. The first-order valence-corrected chi connectivity index (χ1v) is 10.5. The van der Waals surface area contributed by atoms with E-state index in [-0.39, 0.29) is 24.8 Å². The van der Waals surface area contributed by atoms with Crippen molar-refractivity contribution in [3.8, 4) is 11.1 Å². The van der Waals surface area contributed by atoms with E-state index in [1.165, 1.54) is 23.1 Å². The molecule has 0 spiro atoms. The second-order valence-corrected chi connectivity index (χ2v) is 8.58. The van der Waals surface area contributed by atoms with Gasteiger partial charge in [-0.1, -0.05) is 46.8 Å². The van der Waals surface area contributed by atoms with Crippen molar-refractivity contribution in [3.05, 3.63) is 71.8 Å². The number of rotatable bonds is 6. The van der Waals surface area contributed by atoms with Crippen molar-refractivity contribution in [2.24, 2.45) is 5.16 Å². The lowest BCUT2D eigenvalue weighted by Crippen LogP contribution is -2.65. The molecule has 0 radical (unpaired) electrons. The van der Waals surface area contributed by atoms with Crippen LogP contribution in [0.3, 0.4) is 0 Å². The van der Waals surface area contributed by atoms with Crippen molar-refractivity contribution in [2.75, 3.05) is 20.1 Å². The number of alkyl halides is 3. The zero-order valence-electron chi connectivity index (χ0n) is 17.8. The maximum atomic E-state index is 14.9. The number of hydrogen-bond donors (Lipinski definition) is 0. The molecular formula is C23H21F4N5O. The largest absolute Gasteiger partial charge is 0.390 e. The van der Waals surface area contributed by atoms with E-state index in [9.17, 15) is 17.6 Å². The minimum Gasteiger partial charge on any atom is -0.390 e. The number of aromatic nitrogens is 3. The average molecular weight is 459 g/mol. The molecule has 3 heterocycles. The molecule has 0 saturated carbocycles. The van der Waals surface area contributed by atoms with Gasteiger partial charge in [-0.15, -0.1) is 5.10 Å². The van der Waals surface area contributed by atoms with Gasteiger partial charge in [0.25, 0.3) is 0 Å². The molecule has 2 aliphatic rings. The fourth-order valence-corrected chi connectivity index (χ4v) is 4.29.